The van der Waals surface area contributed by atoms with Gasteiger partial charge in [0.25, 0.3) is 0 Å². The molecule has 0 aliphatic carbocycles. The molecule has 128 valence electrons. The van der Waals surface area contributed by atoms with Gasteiger partial charge in [0.2, 0.25) is 0 Å². The van der Waals surface area contributed by atoms with Crippen LogP contribution in [0.2, 0.25) is 0 Å². The van der Waals surface area contributed by atoms with Gasteiger partial charge < -0.3 is 20.1 Å². The molecule has 1 fully saturated rings. The Morgan fingerprint density at radius 2 is 2.17 bits per heavy atom. The van der Waals surface area contributed by atoms with E-state index >= 15 is 0 Å². The van der Waals surface area contributed by atoms with Crippen molar-refractivity contribution in [2.45, 2.75) is 32.4 Å². The molecular formula is C18H25N5O. The van der Waals surface area contributed by atoms with E-state index in [2.05, 4.69) is 37.2 Å². The quantitative estimate of drug-likeness (QED) is 0.799. The molecule has 6 nitrogen and oxygen atoms in total. The van der Waals surface area contributed by atoms with Gasteiger partial charge in [0.05, 0.1) is 0 Å². The lowest BCUT2D eigenvalue weighted by molar-refractivity contribution is 0.237. The number of anilines is 1. The zero-order valence-corrected chi connectivity index (χ0v) is 14.1. The molecule has 0 spiro atoms. The molecule has 2 aromatic rings. The first-order chi connectivity index (χ1) is 11.7. The fourth-order valence-electron chi connectivity index (χ4n) is 3.08. The Balaban J connectivity index is 1.35. The number of urea groups is 1. The van der Waals surface area contributed by atoms with Gasteiger partial charge in [0.1, 0.15) is 5.82 Å². The third-order valence-corrected chi connectivity index (χ3v) is 4.43. The summed E-state index contributed by atoms with van der Waals surface area (Å²) >= 11 is 0. The van der Waals surface area contributed by atoms with E-state index in [9.17, 15) is 4.79 Å². The van der Waals surface area contributed by atoms with Gasteiger partial charge in [-0.1, -0.05) is 18.2 Å². The van der Waals surface area contributed by atoms with Crippen LogP contribution < -0.4 is 15.5 Å². The van der Waals surface area contributed by atoms with E-state index < -0.39 is 0 Å². The number of aromatic nitrogens is 2. The lowest BCUT2D eigenvalue weighted by Crippen LogP contribution is -2.43. The van der Waals surface area contributed by atoms with Crippen molar-refractivity contribution in [3.63, 3.8) is 0 Å². The fraction of sp³-hybridized carbons (Fsp3) is 0.444. The number of aryl methyl sites for hydroxylation is 2. The Kier molecular flexibility index (Phi) is 5.36. The van der Waals surface area contributed by atoms with E-state index in [-0.39, 0.29) is 12.1 Å². The number of amides is 2. The van der Waals surface area contributed by atoms with Crippen LogP contribution in [0.3, 0.4) is 0 Å². The molecular weight excluding hydrogens is 302 g/mol. The molecule has 2 heterocycles. The third kappa shape index (κ3) is 4.28. The summed E-state index contributed by atoms with van der Waals surface area (Å²) in [6.07, 6.45) is 5.64. The van der Waals surface area contributed by atoms with Crippen LogP contribution in [-0.4, -0.2) is 41.3 Å². The van der Waals surface area contributed by atoms with Crippen molar-refractivity contribution in [1.82, 2.24) is 20.2 Å². The Morgan fingerprint density at radius 3 is 2.92 bits per heavy atom. The summed E-state index contributed by atoms with van der Waals surface area (Å²) in [5.41, 5.74) is 1.22. The zero-order valence-electron chi connectivity index (χ0n) is 14.1. The van der Waals surface area contributed by atoms with E-state index in [0.717, 1.165) is 38.3 Å². The van der Waals surface area contributed by atoms with Crippen LogP contribution in [0.5, 0.6) is 0 Å². The molecule has 0 radical (unpaired) electrons. The molecule has 24 heavy (non-hydrogen) atoms. The number of nitrogens with zero attached hydrogens (tertiary/aromatic N) is 3. The SMILES string of the molecule is Cc1nccn1CCCNC(=O)N[C@@H]1CCN(c2ccccc2)C1. The lowest BCUT2D eigenvalue weighted by Gasteiger charge is -2.19. The maximum atomic E-state index is 12.0. The summed E-state index contributed by atoms with van der Waals surface area (Å²) in [6, 6.07) is 10.5. The van der Waals surface area contributed by atoms with Crippen molar-refractivity contribution >= 4 is 11.7 Å². The highest BCUT2D eigenvalue weighted by Crippen LogP contribution is 2.19. The maximum absolute atomic E-state index is 12.0. The minimum Gasteiger partial charge on any atom is -0.369 e. The standard InChI is InChI=1S/C18H25N5O/c1-15-19-10-13-22(15)11-5-9-20-18(24)21-16-8-12-23(14-16)17-6-3-2-4-7-17/h2-4,6-7,10,13,16H,5,8-9,11-12,14H2,1H3,(H2,20,21,24)/t16-/m1/s1. The largest absolute Gasteiger partial charge is 0.369 e. The number of carbonyl (C=O) groups is 1. The number of hydrogen-bond acceptors (Lipinski definition) is 3. The van der Waals surface area contributed by atoms with Gasteiger partial charge in [-0.3, -0.25) is 0 Å². The first kappa shape index (κ1) is 16.4. The van der Waals surface area contributed by atoms with Crippen LogP contribution in [0.1, 0.15) is 18.7 Å². The van der Waals surface area contributed by atoms with Crippen LogP contribution in [0.4, 0.5) is 10.5 Å². The first-order valence-corrected chi connectivity index (χ1v) is 8.54. The molecule has 6 heteroatoms. The number of benzene rings is 1. The number of nitrogens with one attached hydrogen (secondary N) is 2. The highest BCUT2D eigenvalue weighted by molar-refractivity contribution is 5.74. The Morgan fingerprint density at radius 1 is 1.33 bits per heavy atom. The van der Waals surface area contributed by atoms with E-state index in [0.29, 0.717) is 6.54 Å². The average molecular weight is 327 g/mol. The average Bonchev–Trinajstić information content (AvgIpc) is 3.22. The third-order valence-electron chi connectivity index (χ3n) is 4.43. The van der Waals surface area contributed by atoms with Crippen LogP contribution in [0, 0.1) is 6.92 Å². The molecule has 3 rings (SSSR count). The predicted molar refractivity (Wildman–Crippen MR) is 95.2 cm³/mol. The highest BCUT2D eigenvalue weighted by Gasteiger charge is 2.23. The van der Waals surface area contributed by atoms with Crippen LogP contribution in [-0.2, 0) is 6.54 Å². The van der Waals surface area contributed by atoms with Crippen molar-refractivity contribution in [3.8, 4) is 0 Å². The van der Waals surface area contributed by atoms with Gasteiger partial charge in [-0.05, 0) is 31.9 Å². The molecule has 1 aliphatic rings. The van der Waals surface area contributed by atoms with Crippen LogP contribution >= 0.6 is 0 Å². The van der Waals surface area contributed by atoms with E-state index in [1.54, 1.807) is 6.20 Å². The van der Waals surface area contributed by atoms with Crippen molar-refractivity contribution in [3.05, 3.63) is 48.5 Å². The minimum absolute atomic E-state index is 0.0720. The number of rotatable bonds is 6. The van der Waals surface area contributed by atoms with E-state index in [1.807, 2.05) is 31.3 Å². The zero-order chi connectivity index (χ0) is 16.8. The molecule has 0 unspecified atom stereocenters. The van der Waals surface area contributed by atoms with Crippen molar-refractivity contribution in [2.24, 2.45) is 0 Å². The maximum Gasteiger partial charge on any atom is 0.315 e. The van der Waals surface area contributed by atoms with Crippen LogP contribution in [0.25, 0.3) is 0 Å². The molecule has 0 bridgehead atoms. The Labute approximate surface area is 142 Å². The normalized spacial score (nSPS) is 17.0. The minimum atomic E-state index is -0.0720. The summed E-state index contributed by atoms with van der Waals surface area (Å²) in [4.78, 5) is 18.5. The van der Waals surface area contributed by atoms with Gasteiger partial charge in [0.15, 0.2) is 0 Å². The molecule has 2 amide bonds. The molecule has 2 N–H and O–H groups in total. The van der Waals surface area contributed by atoms with Gasteiger partial charge in [-0.15, -0.1) is 0 Å². The second kappa shape index (κ2) is 7.86. The molecule has 0 saturated carbocycles. The van der Waals surface area contributed by atoms with Gasteiger partial charge in [-0.25, -0.2) is 9.78 Å². The van der Waals surface area contributed by atoms with Crippen molar-refractivity contribution in [2.75, 3.05) is 24.5 Å². The molecule has 1 atom stereocenters. The summed E-state index contributed by atoms with van der Waals surface area (Å²) in [6.45, 7) is 5.37. The lowest BCUT2D eigenvalue weighted by atomic mass is 10.3. The van der Waals surface area contributed by atoms with Crippen molar-refractivity contribution in [1.29, 1.82) is 0 Å². The monoisotopic (exact) mass is 327 g/mol. The second-order valence-electron chi connectivity index (χ2n) is 6.19. The number of carbonyl (C=O) groups excluding carboxylic acids is 1. The highest BCUT2D eigenvalue weighted by atomic mass is 16.2. The van der Waals surface area contributed by atoms with E-state index in [4.69, 9.17) is 0 Å². The molecule has 1 saturated heterocycles. The number of hydrogen-bond donors (Lipinski definition) is 2. The fourth-order valence-corrected chi connectivity index (χ4v) is 3.08. The van der Waals surface area contributed by atoms with Gasteiger partial charge >= 0.3 is 6.03 Å². The smallest absolute Gasteiger partial charge is 0.315 e. The first-order valence-electron chi connectivity index (χ1n) is 8.54. The second-order valence-corrected chi connectivity index (χ2v) is 6.19. The van der Waals surface area contributed by atoms with E-state index in [1.165, 1.54) is 5.69 Å². The number of imidazole rings is 1. The van der Waals surface area contributed by atoms with Crippen LogP contribution in [0.15, 0.2) is 42.7 Å². The van der Waals surface area contributed by atoms with Gasteiger partial charge in [0, 0.05) is 50.3 Å². The summed E-state index contributed by atoms with van der Waals surface area (Å²) in [5, 5.41) is 6.02. The Bertz CT molecular complexity index is 654. The van der Waals surface area contributed by atoms with Gasteiger partial charge in [-0.2, -0.15) is 0 Å². The predicted octanol–water partition coefficient (Wildman–Crippen LogP) is 2.16. The molecule has 1 aliphatic heterocycles. The summed E-state index contributed by atoms with van der Waals surface area (Å²) in [5.74, 6) is 1.01. The van der Waals surface area contributed by atoms with Crippen molar-refractivity contribution < 1.29 is 4.79 Å². The summed E-state index contributed by atoms with van der Waals surface area (Å²) < 4.78 is 2.09. The number of para-hydroxylation sites is 1. The topological polar surface area (TPSA) is 62.2 Å². The molecule has 1 aromatic heterocycles. The summed E-state index contributed by atoms with van der Waals surface area (Å²) in [7, 11) is 0. The Hall–Kier alpha value is -2.50. The molecule has 1 aromatic carbocycles.